The Hall–Kier alpha value is -1.65. The molecule has 1 aromatic carbocycles. The van der Waals surface area contributed by atoms with E-state index in [-0.39, 0.29) is 18.6 Å². The van der Waals surface area contributed by atoms with Crippen LogP contribution in [0.15, 0.2) is 29.3 Å². The second kappa shape index (κ2) is 4.31. The number of carbonyl (C=O) groups excluding carboxylic acids is 1. The van der Waals surface area contributed by atoms with Gasteiger partial charge >= 0.3 is 6.18 Å². The number of alkyl halides is 3. The number of aliphatic imine (C=N–C) groups is 1. The van der Waals surface area contributed by atoms with Gasteiger partial charge in [0.2, 0.25) is 0 Å². The van der Waals surface area contributed by atoms with E-state index in [1.165, 1.54) is 0 Å². The van der Waals surface area contributed by atoms with Crippen molar-refractivity contribution in [2.24, 2.45) is 4.99 Å². The highest BCUT2D eigenvalue weighted by Gasteiger charge is 2.29. The molecule has 0 saturated heterocycles. The molecule has 0 N–H and O–H groups in total. The van der Waals surface area contributed by atoms with Gasteiger partial charge in [-0.25, -0.2) is 0 Å². The summed E-state index contributed by atoms with van der Waals surface area (Å²) >= 11 is 0. The first kappa shape index (κ1) is 11.8. The van der Waals surface area contributed by atoms with E-state index in [0.717, 1.165) is 0 Å². The molecule has 0 bridgehead atoms. The number of ketones is 1. The van der Waals surface area contributed by atoms with Crippen LogP contribution in [-0.4, -0.2) is 17.7 Å². The number of para-hydroxylation sites is 1. The second-order valence-corrected chi connectivity index (χ2v) is 3.91. The van der Waals surface area contributed by atoms with Gasteiger partial charge in [0.15, 0.2) is 5.78 Å². The number of benzene rings is 1. The van der Waals surface area contributed by atoms with E-state index in [4.69, 9.17) is 0 Å². The predicted molar refractivity (Wildman–Crippen MR) is 57.8 cm³/mol. The van der Waals surface area contributed by atoms with Crippen LogP contribution < -0.4 is 0 Å². The average molecular weight is 241 g/mol. The number of halogens is 3. The standard InChI is InChI=1S/C12H10F3NO/c13-12(14,15)6-5-8-7-11(17)9-3-1-2-4-10(9)16-8/h1-4H,5-7H2. The number of carbonyl (C=O) groups is 1. The lowest BCUT2D eigenvalue weighted by Crippen LogP contribution is -2.16. The van der Waals surface area contributed by atoms with Gasteiger partial charge in [0.25, 0.3) is 0 Å². The van der Waals surface area contributed by atoms with E-state index >= 15 is 0 Å². The highest BCUT2D eigenvalue weighted by Crippen LogP contribution is 2.28. The normalized spacial score (nSPS) is 15.5. The average Bonchev–Trinajstić information content (AvgIpc) is 2.26. The molecule has 1 heterocycles. The molecule has 0 spiro atoms. The van der Waals surface area contributed by atoms with E-state index in [1.54, 1.807) is 24.3 Å². The van der Waals surface area contributed by atoms with Gasteiger partial charge in [-0.05, 0) is 18.6 Å². The molecule has 0 atom stereocenters. The van der Waals surface area contributed by atoms with Gasteiger partial charge in [0.1, 0.15) is 0 Å². The molecule has 0 aliphatic carbocycles. The van der Waals surface area contributed by atoms with Crippen molar-refractivity contribution in [3.63, 3.8) is 0 Å². The van der Waals surface area contributed by atoms with Crippen LogP contribution in [0.2, 0.25) is 0 Å². The molecule has 0 radical (unpaired) electrons. The molecule has 0 aromatic heterocycles. The Morgan fingerprint density at radius 1 is 1.24 bits per heavy atom. The Morgan fingerprint density at radius 2 is 1.94 bits per heavy atom. The van der Waals surface area contributed by atoms with Crippen LogP contribution in [0.4, 0.5) is 18.9 Å². The smallest absolute Gasteiger partial charge is 0.294 e. The number of nitrogens with zero attached hydrogens (tertiary/aromatic N) is 1. The van der Waals surface area contributed by atoms with Crippen molar-refractivity contribution in [3.8, 4) is 0 Å². The van der Waals surface area contributed by atoms with Gasteiger partial charge in [0.05, 0.1) is 5.69 Å². The van der Waals surface area contributed by atoms with Crippen LogP contribution in [-0.2, 0) is 0 Å². The number of Topliss-reactive ketones (excluding diaryl/α,β-unsaturated/α-hetero) is 1. The molecule has 0 amide bonds. The minimum Gasteiger partial charge on any atom is -0.294 e. The van der Waals surface area contributed by atoms with Crippen LogP contribution in [0.1, 0.15) is 29.6 Å². The Bertz CT molecular complexity index is 477. The summed E-state index contributed by atoms with van der Waals surface area (Å²) in [6, 6.07) is 6.71. The van der Waals surface area contributed by atoms with Crippen LogP contribution in [0.5, 0.6) is 0 Å². The zero-order chi connectivity index (χ0) is 12.5. The summed E-state index contributed by atoms with van der Waals surface area (Å²) in [6.45, 7) is 0. The molecule has 0 unspecified atom stereocenters. The maximum absolute atomic E-state index is 12.1. The fraction of sp³-hybridized carbons (Fsp3) is 0.333. The fourth-order valence-electron chi connectivity index (χ4n) is 1.73. The zero-order valence-corrected chi connectivity index (χ0v) is 8.92. The second-order valence-electron chi connectivity index (χ2n) is 3.91. The topological polar surface area (TPSA) is 29.4 Å². The summed E-state index contributed by atoms with van der Waals surface area (Å²) in [5.74, 6) is -0.159. The fourth-order valence-corrected chi connectivity index (χ4v) is 1.73. The molecule has 1 aliphatic rings. The number of hydrogen-bond donors (Lipinski definition) is 0. The van der Waals surface area contributed by atoms with E-state index in [2.05, 4.69) is 4.99 Å². The van der Waals surface area contributed by atoms with E-state index < -0.39 is 12.6 Å². The van der Waals surface area contributed by atoms with Crippen LogP contribution in [0, 0.1) is 0 Å². The Balaban J connectivity index is 2.17. The maximum Gasteiger partial charge on any atom is 0.389 e. The number of rotatable bonds is 2. The Labute approximate surface area is 96.2 Å². The molecule has 0 fully saturated rings. The Morgan fingerprint density at radius 3 is 2.65 bits per heavy atom. The van der Waals surface area contributed by atoms with Gasteiger partial charge in [-0.3, -0.25) is 9.79 Å². The molecule has 1 aromatic rings. The largest absolute Gasteiger partial charge is 0.389 e. The van der Waals surface area contributed by atoms with Crippen molar-refractivity contribution in [1.82, 2.24) is 0 Å². The molecular formula is C12H10F3NO. The molecule has 90 valence electrons. The highest BCUT2D eigenvalue weighted by molar-refractivity contribution is 6.15. The molecule has 5 heteroatoms. The van der Waals surface area contributed by atoms with Crippen molar-refractivity contribution in [2.45, 2.75) is 25.4 Å². The lowest BCUT2D eigenvalue weighted by Gasteiger charge is -2.15. The SMILES string of the molecule is O=C1CC(CCC(F)(F)F)=Nc2ccccc21. The Kier molecular flexibility index (Phi) is 3.00. The van der Waals surface area contributed by atoms with Gasteiger partial charge < -0.3 is 0 Å². The lowest BCUT2D eigenvalue weighted by molar-refractivity contribution is -0.132. The number of hydrogen-bond acceptors (Lipinski definition) is 2. The third-order valence-electron chi connectivity index (χ3n) is 2.54. The third-order valence-corrected chi connectivity index (χ3v) is 2.54. The number of fused-ring (bicyclic) bond motifs is 1. The minimum atomic E-state index is -4.21. The summed E-state index contributed by atoms with van der Waals surface area (Å²) < 4.78 is 36.2. The molecular weight excluding hydrogens is 231 g/mol. The summed E-state index contributed by atoms with van der Waals surface area (Å²) in [5, 5.41) is 0. The summed E-state index contributed by atoms with van der Waals surface area (Å²) in [4.78, 5) is 15.8. The molecule has 2 nitrogen and oxygen atoms in total. The highest BCUT2D eigenvalue weighted by atomic mass is 19.4. The molecule has 1 aliphatic heterocycles. The van der Waals surface area contributed by atoms with Gasteiger partial charge in [-0.1, -0.05) is 12.1 Å². The first-order valence-corrected chi connectivity index (χ1v) is 5.21. The van der Waals surface area contributed by atoms with Gasteiger partial charge in [0, 0.05) is 24.1 Å². The van der Waals surface area contributed by atoms with Crippen molar-refractivity contribution in [2.75, 3.05) is 0 Å². The van der Waals surface area contributed by atoms with Crippen molar-refractivity contribution >= 4 is 17.2 Å². The van der Waals surface area contributed by atoms with Crippen LogP contribution in [0.3, 0.4) is 0 Å². The first-order chi connectivity index (χ1) is 7.96. The van der Waals surface area contributed by atoms with Crippen molar-refractivity contribution in [1.29, 1.82) is 0 Å². The van der Waals surface area contributed by atoms with Crippen molar-refractivity contribution < 1.29 is 18.0 Å². The summed E-state index contributed by atoms with van der Waals surface area (Å²) in [6.07, 6.45) is -5.35. The van der Waals surface area contributed by atoms with E-state index in [0.29, 0.717) is 17.0 Å². The van der Waals surface area contributed by atoms with E-state index in [1.807, 2.05) is 0 Å². The summed E-state index contributed by atoms with van der Waals surface area (Å²) in [7, 11) is 0. The van der Waals surface area contributed by atoms with Gasteiger partial charge in [-0.2, -0.15) is 13.2 Å². The zero-order valence-electron chi connectivity index (χ0n) is 8.92. The van der Waals surface area contributed by atoms with Crippen molar-refractivity contribution in [3.05, 3.63) is 29.8 Å². The monoisotopic (exact) mass is 241 g/mol. The molecule has 2 rings (SSSR count). The van der Waals surface area contributed by atoms with Gasteiger partial charge in [-0.15, -0.1) is 0 Å². The van der Waals surface area contributed by atoms with E-state index in [9.17, 15) is 18.0 Å². The maximum atomic E-state index is 12.1. The molecule has 0 saturated carbocycles. The van der Waals surface area contributed by atoms with Crippen LogP contribution in [0.25, 0.3) is 0 Å². The predicted octanol–water partition coefficient (Wildman–Crippen LogP) is 3.69. The quantitative estimate of drug-likeness (QED) is 0.776. The summed E-state index contributed by atoms with van der Waals surface area (Å²) in [5.41, 5.74) is 1.27. The molecule has 17 heavy (non-hydrogen) atoms. The van der Waals surface area contributed by atoms with Crippen LogP contribution >= 0.6 is 0 Å². The lowest BCUT2D eigenvalue weighted by atomic mass is 9.98. The minimum absolute atomic E-state index is 0.00685. The third kappa shape index (κ3) is 2.93. The first-order valence-electron chi connectivity index (χ1n) is 5.21.